The lowest BCUT2D eigenvalue weighted by molar-refractivity contribution is -0.137. The number of benzene rings is 1. The number of aromatic hydroxyl groups is 1. The highest BCUT2D eigenvalue weighted by molar-refractivity contribution is 5.79. The first-order valence-electron chi connectivity index (χ1n) is 9.72. The van der Waals surface area contributed by atoms with Crippen molar-refractivity contribution in [3.05, 3.63) is 29.3 Å². The Kier molecular flexibility index (Phi) is 6.50. The second-order valence-electron chi connectivity index (χ2n) is 7.73. The normalized spacial score (nSPS) is 23.9. The molecule has 1 aromatic rings. The molecule has 1 unspecified atom stereocenters. The highest BCUT2D eigenvalue weighted by Gasteiger charge is 2.35. The molecule has 0 bridgehead atoms. The zero-order valence-corrected chi connectivity index (χ0v) is 16.0. The first kappa shape index (κ1) is 20.9. The van der Waals surface area contributed by atoms with E-state index in [-0.39, 0.29) is 29.7 Å². The third-order valence-corrected chi connectivity index (χ3v) is 5.98. The number of amides is 1. The predicted octanol–water partition coefficient (Wildman–Crippen LogP) is 3.31. The summed E-state index contributed by atoms with van der Waals surface area (Å²) in [5, 5.41) is 12.5. The van der Waals surface area contributed by atoms with Gasteiger partial charge >= 0.3 is 6.18 Å². The van der Waals surface area contributed by atoms with E-state index < -0.39 is 11.7 Å². The molecule has 156 valence electrons. The lowest BCUT2D eigenvalue weighted by Crippen LogP contribution is -2.42. The zero-order valence-electron chi connectivity index (χ0n) is 16.0. The Morgan fingerprint density at radius 2 is 1.93 bits per heavy atom. The minimum atomic E-state index is -4.49. The van der Waals surface area contributed by atoms with E-state index in [1.165, 1.54) is 0 Å². The maximum atomic E-state index is 12.8. The molecule has 1 aromatic carbocycles. The fourth-order valence-corrected chi connectivity index (χ4v) is 4.19. The van der Waals surface area contributed by atoms with Gasteiger partial charge in [0.2, 0.25) is 5.91 Å². The second-order valence-corrected chi connectivity index (χ2v) is 7.73. The molecule has 5 nitrogen and oxygen atoms in total. The van der Waals surface area contributed by atoms with Crippen molar-refractivity contribution >= 4 is 5.91 Å². The summed E-state index contributed by atoms with van der Waals surface area (Å²) in [6.45, 7) is 1.42. The van der Waals surface area contributed by atoms with Crippen molar-refractivity contribution in [3.63, 3.8) is 0 Å². The van der Waals surface area contributed by atoms with Gasteiger partial charge in [-0.1, -0.05) is 0 Å². The van der Waals surface area contributed by atoms with Gasteiger partial charge in [-0.15, -0.1) is 0 Å². The summed E-state index contributed by atoms with van der Waals surface area (Å²) in [6, 6.07) is 3.53. The summed E-state index contributed by atoms with van der Waals surface area (Å²) in [5.41, 5.74) is -0.773. The van der Waals surface area contributed by atoms with E-state index >= 15 is 0 Å². The van der Waals surface area contributed by atoms with Gasteiger partial charge in [0.15, 0.2) is 0 Å². The van der Waals surface area contributed by atoms with E-state index in [1.54, 1.807) is 0 Å². The molecule has 28 heavy (non-hydrogen) atoms. The quantitative estimate of drug-likeness (QED) is 0.796. The maximum Gasteiger partial charge on any atom is 0.416 e. The number of phenolic OH excluding ortho intramolecular Hbond substituents is 1. The van der Waals surface area contributed by atoms with Crippen LogP contribution in [0, 0.1) is 5.92 Å². The standard InChI is InChI=1S/C20H27F3N2O3/c1-25(16-6-8-28-9-7-16)17-4-2-13(11-17)19(27)24-12-14-10-15(20(21,22)23)3-5-18(14)26/h3,5,10,13,16-17,26H,2,4,6-9,11-12H2,1H3,(H,24,27)/t13-,17?/m0/s1. The Balaban J connectivity index is 1.53. The van der Waals surface area contributed by atoms with Crippen LogP contribution in [0.2, 0.25) is 0 Å². The number of alkyl halides is 3. The molecule has 1 saturated heterocycles. The van der Waals surface area contributed by atoms with Crippen molar-refractivity contribution in [2.45, 2.75) is 56.9 Å². The molecule has 8 heteroatoms. The van der Waals surface area contributed by atoms with Crippen molar-refractivity contribution in [3.8, 4) is 5.75 Å². The fourth-order valence-electron chi connectivity index (χ4n) is 4.19. The SMILES string of the molecule is CN(C1CCOCC1)C1CC[C@H](C(=O)NCc2cc(C(F)(F)F)ccc2O)C1. The molecule has 2 aliphatic rings. The van der Waals surface area contributed by atoms with E-state index in [9.17, 15) is 23.1 Å². The van der Waals surface area contributed by atoms with Crippen LogP contribution >= 0.6 is 0 Å². The molecule has 0 spiro atoms. The number of ether oxygens (including phenoxy) is 1. The average Bonchev–Trinajstić information content (AvgIpc) is 3.16. The fraction of sp³-hybridized carbons (Fsp3) is 0.650. The Morgan fingerprint density at radius 1 is 1.21 bits per heavy atom. The number of nitrogens with zero attached hydrogens (tertiary/aromatic N) is 1. The Hall–Kier alpha value is -1.80. The number of halogens is 3. The lowest BCUT2D eigenvalue weighted by atomic mass is 10.0. The zero-order chi connectivity index (χ0) is 20.3. The van der Waals surface area contributed by atoms with Crippen molar-refractivity contribution in [2.75, 3.05) is 20.3 Å². The van der Waals surface area contributed by atoms with Gasteiger partial charge in [0.25, 0.3) is 0 Å². The first-order chi connectivity index (χ1) is 13.3. The highest BCUT2D eigenvalue weighted by Crippen LogP contribution is 2.33. The first-order valence-corrected chi connectivity index (χ1v) is 9.72. The highest BCUT2D eigenvalue weighted by atomic mass is 19.4. The van der Waals surface area contributed by atoms with E-state index in [0.717, 1.165) is 63.5 Å². The predicted molar refractivity (Wildman–Crippen MR) is 97.7 cm³/mol. The number of carbonyl (C=O) groups is 1. The van der Waals surface area contributed by atoms with E-state index in [1.807, 2.05) is 0 Å². The van der Waals surface area contributed by atoms with Crippen LogP contribution in [-0.2, 0) is 22.3 Å². The maximum absolute atomic E-state index is 12.8. The Bertz CT molecular complexity index is 690. The molecule has 0 aromatic heterocycles. The molecule has 2 atom stereocenters. The third-order valence-electron chi connectivity index (χ3n) is 5.98. The van der Waals surface area contributed by atoms with Crippen LogP contribution in [0.1, 0.15) is 43.2 Å². The molecule has 1 aliphatic carbocycles. The average molecular weight is 400 g/mol. The van der Waals surface area contributed by atoms with Gasteiger partial charge in [-0.2, -0.15) is 13.2 Å². The van der Waals surface area contributed by atoms with Crippen LogP contribution in [0.15, 0.2) is 18.2 Å². The van der Waals surface area contributed by atoms with Crippen molar-refractivity contribution in [1.29, 1.82) is 0 Å². The molecular weight excluding hydrogens is 373 g/mol. The largest absolute Gasteiger partial charge is 0.508 e. The van der Waals surface area contributed by atoms with Crippen LogP contribution in [0.25, 0.3) is 0 Å². The minimum Gasteiger partial charge on any atom is -0.508 e. The number of phenols is 1. The number of carbonyl (C=O) groups excluding carboxylic acids is 1. The van der Waals surface area contributed by atoms with Crippen molar-refractivity contribution < 1.29 is 27.8 Å². The Labute approximate surface area is 162 Å². The molecule has 2 N–H and O–H groups in total. The van der Waals surface area contributed by atoms with Gasteiger partial charge in [-0.05, 0) is 57.4 Å². The van der Waals surface area contributed by atoms with E-state index in [4.69, 9.17) is 4.74 Å². The lowest BCUT2D eigenvalue weighted by Gasteiger charge is -2.35. The van der Waals surface area contributed by atoms with Gasteiger partial charge < -0.3 is 20.1 Å². The van der Waals surface area contributed by atoms with Crippen LogP contribution in [-0.4, -0.2) is 48.3 Å². The monoisotopic (exact) mass is 400 g/mol. The minimum absolute atomic E-state index is 0.0667. The third kappa shape index (κ3) is 4.97. The topological polar surface area (TPSA) is 61.8 Å². The van der Waals surface area contributed by atoms with Crippen molar-refractivity contribution in [2.24, 2.45) is 5.92 Å². The van der Waals surface area contributed by atoms with Crippen LogP contribution in [0.5, 0.6) is 5.75 Å². The molecule has 1 heterocycles. The van der Waals surface area contributed by atoms with Gasteiger partial charge in [0, 0.05) is 43.3 Å². The summed E-state index contributed by atoms with van der Waals surface area (Å²) in [5.74, 6) is -0.572. The molecule has 3 rings (SSSR count). The molecule has 2 fully saturated rings. The summed E-state index contributed by atoms with van der Waals surface area (Å²) >= 11 is 0. The second kappa shape index (κ2) is 8.69. The molecule has 0 radical (unpaired) electrons. The van der Waals surface area contributed by atoms with Crippen LogP contribution < -0.4 is 5.32 Å². The van der Waals surface area contributed by atoms with Gasteiger partial charge in [0.05, 0.1) is 5.56 Å². The molecule has 1 amide bonds. The molecule has 1 aliphatic heterocycles. The Morgan fingerprint density at radius 3 is 2.61 bits per heavy atom. The van der Waals surface area contributed by atoms with Crippen molar-refractivity contribution in [1.82, 2.24) is 10.2 Å². The van der Waals surface area contributed by atoms with Crippen LogP contribution in [0.4, 0.5) is 13.2 Å². The van der Waals surface area contributed by atoms with Gasteiger partial charge in [-0.3, -0.25) is 4.79 Å². The summed E-state index contributed by atoms with van der Waals surface area (Å²) in [6.07, 6.45) is -0.0507. The number of rotatable bonds is 5. The van der Waals surface area contributed by atoms with E-state index in [0.29, 0.717) is 12.1 Å². The smallest absolute Gasteiger partial charge is 0.416 e. The number of hydrogen-bond acceptors (Lipinski definition) is 4. The number of nitrogens with one attached hydrogen (secondary N) is 1. The molecule has 1 saturated carbocycles. The van der Waals surface area contributed by atoms with Gasteiger partial charge in [-0.25, -0.2) is 0 Å². The van der Waals surface area contributed by atoms with Gasteiger partial charge in [0.1, 0.15) is 5.75 Å². The summed E-state index contributed by atoms with van der Waals surface area (Å²) in [4.78, 5) is 14.9. The number of hydrogen-bond donors (Lipinski definition) is 2. The summed E-state index contributed by atoms with van der Waals surface area (Å²) < 4.78 is 43.9. The van der Waals surface area contributed by atoms with E-state index in [2.05, 4.69) is 17.3 Å². The van der Waals surface area contributed by atoms with Crippen LogP contribution in [0.3, 0.4) is 0 Å². The summed E-state index contributed by atoms with van der Waals surface area (Å²) in [7, 11) is 2.10. The molecular formula is C20H27F3N2O3.